The maximum Gasteiger partial charge on any atom is 0.0468 e. The molecule has 0 unspecified atom stereocenters. The Hall–Kier alpha value is -7.46. The van der Waals surface area contributed by atoms with Gasteiger partial charge >= 0.3 is 0 Å². The van der Waals surface area contributed by atoms with Crippen molar-refractivity contribution in [3.8, 4) is 22.3 Å². The fraction of sp³-hybridized carbons (Fsp3) is 0. The highest BCUT2D eigenvalue weighted by atomic mass is 32.1. The van der Waals surface area contributed by atoms with Crippen molar-refractivity contribution >= 4 is 87.2 Å². The summed E-state index contributed by atoms with van der Waals surface area (Å²) in [4.78, 5) is 4.72. The second-order valence-electron chi connectivity index (χ2n) is 15.0. The third-order valence-corrected chi connectivity index (χ3v) is 12.6. The number of hydrogen-bond donors (Lipinski definition) is 0. The van der Waals surface area contributed by atoms with Gasteiger partial charge in [0.25, 0.3) is 0 Å². The lowest BCUT2D eigenvalue weighted by molar-refractivity contribution is 1.29. The summed E-state index contributed by atoms with van der Waals surface area (Å²) in [5.74, 6) is 0. The molecule has 0 aliphatic heterocycles. The van der Waals surface area contributed by atoms with Crippen LogP contribution in [0.4, 0.5) is 34.1 Å². The minimum Gasteiger partial charge on any atom is -0.310 e. The molecule has 11 rings (SSSR count). The fourth-order valence-electron chi connectivity index (χ4n) is 8.59. The Bertz CT molecular complexity index is 3250. The number of benzene rings is 10. The van der Waals surface area contributed by atoms with Crippen molar-refractivity contribution in [2.45, 2.75) is 0 Å². The van der Waals surface area contributed by atoms with Crippen LogP contribution in [0.1, 0.15) is 0 Å². The molecule has 10 aromatic carbocycles. The molecule has 0 saturated carbocycles. The summed E-state index contributed by atoms with van der Waals surface area (Å²) in [6.45, 7) is 0. The quantitative estimate of drug-likeness (QED) is 0.142. The highest BCUT2D eigenvalue weighted by Crippen LogP contribution is 2.43. The maximum absolute atomic E-state index is 2.36. The van der Waals surface area contributed by atoms with Crippen LogP contribution in [0.25, 0.3) is 64.0 Å². The molecule has 0 saturated heterocycles. The van der Waals surface area contributed by atoms with Gasteiger partial charge in [-0.15, -0.1) is 11.3 Å². The molecule has 0 radical (unpaired) electrons. The van der Waals surface area contributed by atoms with Crippen molar-refractivity contribution in [2.24, 2.45) is 0 Å². The van der Waals surface area contributed by atoms with Gasteiger partial charge in [-0.3, -0.25) is 0 Å². The summed E-state index contributed by atoms with van der Waals surface area (Å²) in [5.41, 5.74) is 11.5. The highest BCUT2D eigenvalue weighted by Gasteiger charge is 2.18. The van der Waals surface area contributed by atoms with Gasteiger partial charge in [-0.25, -0.2) is 0 Å². The Morgan fingerprint density at radius 3 is 1.34 bits per heavy atom. The molecule has 0 bridgehead atoms. The van der Waals surface area contributed by atoms with E-state index >= 15 is 0 Å². The van der Waals surface area contributed by atoms with Gasteiger partial charge in [0.2, 0.25) is 0 Å². The topological polar surface area (TPSA) is 6.48 Å². The summed E-state index contributed by atoms with van der Waals surface area (Å²) < 4.78 is 2.62. The Labute approximate surface area is 348 Å². The molecule has 59 heavy (non-hydrogen) atoms. The largest absolute Gasteiger partial charge is 0.310 e. The van der Waals surface area contributed by atoms with Crippen LogP contribution in [-0.4, -0.2) is 0 Å². The predicted molar refractivity (Wildman–Crippen MR) is 255 cm³/mol. The lowest BCUT2D eigenvalue weighted by Crippen LogP contribution is -2.10. The van der Waals surface area contributed by atoms with Gasteiger partial charge in [0.05, 0.1) is 0 Å². The molecule has 1 aromatic heterocycles. The van der Waals surface area contributed by atoms with E-state index in [1.54, 1.807) is 0 Å². The monoisotopic (exact) mass is 770 g/mol. The van der Waals surface area contributed by atoms with Crippen molar-refractivity contribution in [2.75, 3.05) is 9.80 Å². The number of anilines is 6. The van der Waals surface area contributed by atoms with Gasteiger partial charge < -0.3 is 9.80 Å². The first-order valence-corrected chi connectivity index (χ1v) is 20.9. The zero-order chi connectivity index (χ0) is 39.1. The Balaban J connectivity index is 0.958. The second-order valence-corrected chi connectivity index (χ2v) is 16.0. The van der Waals surface area contributed by atoms with E-state index in [4.69, 9.17) is 0 Å². The van der Waals surface area contributed by atoms with Crippen LogP contribution < -0.4 is 9.80 Å². The molecular formula is C56H38N2S. The molecule has 0 fully saturated rings. The highest BCUT2D eigenvalue weighted by molar-refractivity contribution is 7.25. The number of hydrogen-bond acceptors (Lipinski definition) is 3. The lowest BCUT2D eigenvalue weighted by atomic mass is 9.93. The molecule has 0 N–H and O–H groups in total. The molecule has 2 nitrogen and oxygen atoms in total. The zero-order valence-electron chi connectivity index (χ0n) is 32.2. The van der Waals surface area contributed by atoms with Crippen molar-refractivity contribution in [1.29, 1.82) is 0 Å². The van der Waals surface area contributed by atoms with Gasteiger partial charge in [0.15, 0.2) is 0 Å². The molecule has 0 amide bonds. The van der Waals surface area contributed by atoms with Gasteiger partial charge in [-0.1, -0.05) is 140 Å². The van der Waals surface area contributed by atoms with E-state index in [0.29, 0.717) is 0 Å². The molecule has 278 valence electrons. The number of rotatable bonds is 8. The van der Waals surface area contributed by atoms with Crippen LogP contribution in [0.2, 0.25) is 0 Å². The van der Waals surface area contributed by atoms with E-state index in [-0.39, 0.29) is 0 Å². The van der Waals surface area contributed by atoms with E-state index in [0.717, 1.165) is 34.1 Å². The minimum atomic E-state index is 1.10. The Morgan fingerprint density at radius 2 is 0.712 bits per heavy atom. The number of fused-ring (bicyclic) bond motifs is 6. The molecule has 0 spiro atoms. The van der Waals surface area contributed by atoms with Crippen LogP contribution >= 0.6 is 11.3 Å². The van der Waals surface area contributed by atoms with Gasteiger partial charge in [0.1, 0.15) is 0 Å². The summed E-state index contributed by atoms with van der Waals surface area (Å²) in [5, 5.41) is 7.57. The van der Waals surface area contributed by atoms with Crippen molar-refractivity contribution in [3.63, 3.8) is 0 Å². The first-order chi connectivity index (χ1) is 29.2. The predicted octanol–water partition coefficient (Wildman–Crippen LogP) is 16.6. The van der Waals surface area contributed by atoms with Gasteiger partial charge in [-0.2, -0.15) is 0 Å². The summed E-state index contributed by atoms with van der Waals surface area (Å²) in [7, 11) is 0. The normalized spacial score (nSPS) is 11.4. The van der Waals surface area contributed by atoms with Crippen LogP contribution in [0.5, 0.6) is 0 Å². The second kappa shape index (κ2) is 14.8. The van der Waals surface area contributed by atoms with E-state index in [9.17, 15) is 0 Å². The van der Waals surface area contributed by atoms with E-state index in [1.807, 2.05) is 11.3 Å². The van der Waals surface area contributed by atoms with Crippen molar-refractivity contribution < 1.29 is 0 Å². The van der Waals surface area contributed by atoms with Crippen LogP contribution in [-0.2, 0) is 0 Å². The standard InChI is InChI=1S/C56H38N2S/c1-4-14-41(15-5-1)52-36-42-16-10-11-21-49(42)53-37-47(32-34-50(52)53)57(43-17-6-2-7-18-43)45-28-24-39(25-29-45)40-26-30-46(31-27-40)58(44-19-8-3-9-20-44)48-33-35-56-54(38-48)51-22-12-13-23-55(51)59-56/h1-38H. The molecule has 0 aliphatic rings. The smallest absolute Gasteiger partial charge is 0.0468 e. The molecular weight excluding hydrogens is 733 g/mol. The summed E-state index contributed by atoms with van der Waals surface area (Å²) in [6, 6.07) is 83.5. The number of para-hydroxylation sites is 2. The van der Waals surface area contributed by atoms with Crippen molar-refractivity contribution in [1.82, 2.24) is 0 Å². The van der Waals surface area contributed by atoms with Crippen molar-refractivity contribution in [3.05, 3.63) is 231 Å². The third-order valence-electron chi connectivity index (χ3n) is 11.4. The van der Waals surface area contributed by atoms with Crippen LogP contribution in [0, 0.1) is 0 Å². The SMILES string of the molecule is c1ccc(-c2cc3ccccc3c3cc(N(c4ccccc4)c4ccc(-c5ccc(N(c6ccccc6)c6ccc7sc8ccccc8c7c6)cc5)cc4)ccc23)cc1. The Kier molecular flexibility index (Phi) is 8.72. The fourth-order valence-corrected chi connectivity index (χ4v) is 9.68. The molecule has 1 heterocycles. The van der Waals surface area contributed by atoms with Gasteiger partial charge in [0, 0.05) is 54.3 Å². The summed E-state index contributed by atoms with van der Waals surface area (Å²) >= 11 is 1.85. The molecule has 3 heteroatoms. The average Bonchev–Trinajstić information content (AvgIpc) is 3.68. The maximum atomic E-state index is 2.36. The molecule has 0 aliphatic carbocycles. The lowest BCUT2D eigenvalue weighted by Gasteiger charge is -2.27. The first kappa shape index (κ1) is 34.8. The Morgan fingerprint density at radius 1 is 0.254 bits per heavy atom. The first-order valence-electron chi connectivity index (χ1n) is 20.1. The van der Waals surface area contributed by atoms with Crippen LogP contribution in [0.15, 0.2) is 231 Å². The minimum absolute atomic E-state index is 1.10. The van der Waals surface area contributed by atoms with E-state index in [2.05, 4.69) is 240 Å². The van der Waals surface area contributed by atoms with E-state index < -0.39 is 0 Å². The van der Waals surface area contributed by atoms with Crippen LogP contribution in [0.3, 0.4) is 0 Å². The average molecular weight is 771 g/mol. The zero-order valence-corrected chi connectivity index (χ0v) is 33.1. The molecule has 0 atom stereocenters. The third kappa shape index (κ3) is 6.39. The number of thiophene rings is 1. The van der Waals surface area contributed by atoms with Gasteiger partial charge in [-0.05, 0) is 135 Å². The molecule has 11 aromatic rings. The van der Waals surface area contributed by atoms with E-state index in [1.165, 1.54) is 64.0 Å². The summed E-state index contributed by atoms with van der Waals surface area (Å²) in [6.07, 6.45) is 0. The number of nitrogens with zero attached hydrogens (tertiary/aromatic N) is 2.